The molecule has 0 saturated heterocycles. The lowest BCUT2D eigenvalue weighted by Crippen LogP contribution is -2.46. The summed E-state index contributed by atoms with van der Waals surface area (Å²) in [4.78, 5) is 31.0. The third-order valence-electron chi connectivity index (χ3n) is 6.14. The molecular formula is C26H30N2O4S2. The zero-order valence-corrected chi connectivity index (χ0v) is 21.1. The molecule has 1 atom stereocenters. The summed E-state index contributed by atoms with van der Waals surface area (Å²) < 4.78 is 11.1. The Bertz CT molecular complexity index is 1080. The molecule has 1 saturated carbocycles. The number of carbonyl (C=O) groups excluding carboxylic acids is 2. The van der Waals surface area contributed by atoms with Gasteiger partial charge in [-0.25, -0.2) is 0 Å². The molecule has 1 N–H and O–H groups in total. The summed E-state index contributed by atoms with van der Waals surface area (Å²) in [6.45, 7) is 0.317. The standard InChI is InChI=1S/C26H30N2O4S2/c1-31-19-12-13-22(32-2)21(16-19)24(25(29)27-18-8-4-3-5-9-18)28(17-20-10-6-14-33-20)26(30)23-11-7-15-34-23/h6-7,10-16,18,24H,3-5,8-9,17H2,1-2H3,(H,27,29)/t24-/m1/s1. The van der Waals surface area contributed by atoms with Crippen molar-refractivity contribution in [3.63, 3.8) is 0 Å². The minimum absolute atomic E-state index is 0.112. The number of thiophene rings is 2. The van der Waals surface area contributed by atoms with E-state index in [2.05, 4.69) is 5.32 Å². The second kappa shape index (κ2) is 11.5. The first-order chi connectivity index (χ1) is 16.6. The van der Waals surface area contributed by atoms with Gasteiger partial charge in [0, 0.05) is 16.5 Å². The van der Waals surface area contributed by atoms with Crippen LogP contribution in [0.15, 0.2) is 53.2 Å². The molecule has 0 radical (unpaired) electrons. The largest absolute Gasteiger partial charge is 0.497 e. The maximum absolute atomic E-state index is 13.9. The predicted molar refractivity (Wildman–Crippen MR) is 136 cm³/mol. The Morgan fingerprint density at radius 3 is 2.44 bits per heavy atom. The van der Waals surface area contributed by atoms with Gasteiger partial charge in [0.15, 0.2) is 0 Å². The number of ether oxygens (including phenoxy) is 2. The highest BCUT2D eigenvalue weighted by atomic mass is 32.1. The highest BCUT2D eigenvalue weighted by Crippen LogP contribution is 2.36. The fraction of sp³-hybridized carbons (Fsp3) is 0.385. The van der Waals surface area contributed by atoms with Gasteiger partial charge < -0.3 is 19.7 Å². The summed E-state index contributed by atoms with van der Waals surface area (Å²) in [5.74, 6) is 0.766. The summed E-state index contributed by atoms with van der Waals surface area (Å²) >= 11 is 2.94. The molecule has 1 aromatic carbocycles. The molecule has 0 unspecified atom stereocenters. The topological polar surface area (TPSA) is 67.9 Å². The second-order valence-corrected chi connectivity index (χ2v) is 10.3. The highest BCUT2D eigenvalue weighted by Gasteiger charge is 2.36. The Morgan fingerprint density at radius 1 is 1.03 bits per heavy atom. The van der Waals surface area contributed by atoms with Crippen LogP contribution >= 0.6 is 22.7 Å². The number of hydrogen-bond acceptors (Lipinski definition) is 6. The fourth-order valence-electron chi connectivity index (χ4n) is 4.42. The average Bonchev–Trinajstić information content (AvgIpc) is 3.58. The maximum Gasteiger partial charge on any atom is 0.265 e. The first-order valence-corrected chi connectivity index (χ1v) is 13.3. The van der Waals surface area contributed by atoms with Crippen LogP contribution in [-0.2, 0) is 11.3 Å². The number of amides is 2. The Hall–Kier alpha value is -2.84. The lowest BCUT2D eigenvalue weighted by Gasteiger charge is -2.33. The van der Waals surface area contributed by atoms with Crippen LogP contribution in [0.1, 0.15) is 58.3 Å². The van der Waals surface area contributed by atoms with Gasteiger partial charge in [-0.2, -0.15) is 0 Å². The number of methoxy groups -OCH3 is 2. The summed E-state index contributed by atoms with van der Waals surface area (Å²) in [5.41, 5.74) is 0.608. The van der Waals surface area contributed by atoms with E-state index in [9.17, 15) is 9.59 Å². The van der Waals surface area contributed by atoms with Crippen molar-refractivity contribution in [1.29, 1.82) is 0 Å². The van der Waals surface area contributed by atoms with Crippen molar-refractivity contribution in [2.24, 2.45) is 0 Å². The van der Waals surface area contributed by atoms with E-state index in [0.717, 1.165) is 30.6 Å². The van der Waals surface area contributed by atoms with Crippen molar-refractivity contribution < 1.29 is 19.1 Å². The molecule has 8 heteroatoms. The van der Waals surface area contributed by atoms with Crippen molar-refractivity contribution in [3.05, 3.63) is 68.5 Å². The van der Waals surface area contributed by atoms with Gasteiger partial charge >= 0.3 is 0 Å². The van der Waals surface area contributed by atoms with Gasteiger partial charge in [-0.3, -0.25) is 9.59 Å². The van der Waals surface area contributed by atoms with E-state index in [1.807, 2.05) is 29.0 Å². The summed E-state index contributed by atoms with van der Waals surface area (Å²) in [7, 11) is 3.16. The van der Waals surface area contributed by atoms with Crippen molar-refractivity contribution in [3.8, 4) is 11.5 Å². The van der Waals surface area contributed by atoms with Crippen LogP contribution in [-0.4, -0.2) is 37.0 Å². The van der Waals surface area contributed by atoms with E-state index in [0.29, 0.717) is 28.5 Å². The second-order valence-electron chi connectivity index (χ2n) is 8.34. The molecule has 0 bridgehead atoms. The minimum atomic E-state index is -0.872. The summed E-state index contributed by atoms with van der Waals surface area (Å²) in [5, 5.41) is 7.10. The Morgan fingerprint density at radius 2 is 1.79 bits per heavy atom. The van der Waals surface area contributed by atoms with Gasteiger partial charge in [-0.1, -0.05) is 31.4 Å². The molecule has 180 valence electrons. The molecule has 6 nitrogen and oxygen atoms in total. The molecule has 1 aliphatic rings. The molecular weight excluding hydrogens is 468 g/mol. The van der Waals surface area contributed by atoms with Crippen LogP contribution in [0.25, 0.3) is 0 Å². The monoisotopic (exact) mass is 498 g/mol. The lowest BCUT2D eigenvalue weighted by molar-refractivity contribution is -0.127. The number of nitrogens with zero attached hydrogens (tertiary/aromatic N) is 1. The third-order valence-corrected chi connectivity index (χ3v) is 7.86. The van der Waals surface area contributed by atoms with Crippen molar-refractivity contribution in [1.82, 2.24) is 10.2 Å². The third kappa shape index (κ3) is 5.62. The quantitative estimate of drug-likeness (QED) is 0.413. The molecule has 2 amide bonds. The number of benzene rings is 1. The number of rotatable bonds is 9. The smallest absolute Gasteiger partial charge is 0.265 e. The van der Waals surface area contributed by atoms with Gasteiger partial charge in [0.2, 0.25) is 5.91 Å². The zero-order chi connectivity index (χ0) is 23.9. The predicted octanol–water partition coefficient (Wildman–Crippen LogP) is 5.66. The number of carbonyl (C=O) groups is 2. The van der Waals surface area contributed by atoms with E-state index in [1.54, 1.807) is 54.7 Å². The molecule has 0 aliphatic heterocycles. The first kappa shape index (κ1) is 24.3. The van der Waals surface area contributed by atoms with Crippen LogP contribution in [0, 0.1) is 0 Å². The molecule has 2 heterocycles. The van der Waals surface area contributed by atoms with Gasteiger partial charge in [0.25, 0.3) is 5.91 Å². The van der Waals surface area contributed by atoms with Crippen molar-refractivity contribution in [2.45, 2.75) is 50.7 Å². The van der Waals surface area contributed by atoms with E-state index >= 15 is 0 Å². The fourth-order valence-corrected chi connectivity index (χ4v) is 5.81. The SMILES string of the molecule is COc1ccc(OC)c([C@H](C(=O)NC2CCCCC2)N(Cc2cccs2)C(=O)c2cccs2)c1. The average molecular weight is 499 g/mol. The Kier molecular flexibility index (Phi) is 8.24. The van der Waals surface area contributed by atoms with Crippen LogP contribution < -0.4 is 14.8 Å². The van der Waals surface area contributed by atoms with E-state index in [-0.39, 0.29) is 17.9 Å². The van der Waals surface area contributed by atoms with Crippen LogP contribution in [0.2, 0.25) is 0 Å². The zero-order valence-electron chi connectivity index (χ0n) is 19.5. The minimum Gasteiger partial charge on any atom is -0.497 e. The Labute approximate surface area is 208 Å². The van der Waals surface area contributed by atoms with E-state index in [1.165, 1.54) is 17.8 Å². The van der Waals surface area contributed by atoms with Crippen LogP contribution in [0.4, 0.5) is 0 Å². The van der Waals surface area contributed by atoms with E-state index < -0.39 is 6.04 Å². The van der Waals surface area contributed by atoms with Crippen molar-refractivity contribution in [2.75, 3.05) is 14.2 Å². The molecule has 4 rings (SSSR count). The summed E-state index contributed by atoms with van der Waals surface area (Å²) in [6.07, 6.45) is 5.31. The Balaban J connectivity index is 1.79. The van der Waals surface area contributed by atoms with Crippen molar-refractivity contribution >= 4 is 34.5 Å². The van der Waals surface area contributed by atoms with Gasteiger partial charge in [0.05, 0.1) is 25.6 Å². The van der Waals surface area contributed by atoms with Gasteiger partial charge in [-0.05, 0) is 53.9 Å². The highest BCUT2D eigenvalue weighted by molar-refractivity contribution is 7.12. The summed E-state index contributed by atoms with van der Waals surface area (Å²) in [6, 6.07) is 12.2. The molecule has 1 fully saturated rings. The van der Waals surface area contributed by atoms with E-state index in [4.69, 9.17) is 9.47 Å². The van der Waals surface area contributed by atoms with Crippen LogP contribution in [0.5, 0.6) is 11.5 Å². The van der Waals surface area contributed by atoms with Gasteiger partial charge in [-0.15, -0.1) is 22.7 Å². The molecule has 3 aromatic rings. The van der Waals surface area contributed by atoms with Crippen LogP contribution in [0.3, 0.4) is 0 Å². The normalized spacial score (nSPS) is 14.9. The lowest BCUT2D eigenvalue weighted by atomic mass is 9.94. The number of nitrogens with one attached hydrogen (secondary N) is 1. The molecule has 1 aliphatic carbocycles. The number of hydrogen-bond donors (Lipinski definition) is 1. The molecule has 0 spiro atoms. The molecule has 34 heavy (non-hydrogen) atoms. The van der Waals surface area contributed by atoms with Gasteiger partial charge in [0.1, 0.15) is 17.5 Å². The first-order valence-electron chi connectivity index (χ1n) is 11.5. The maximum atomic E-state index is 13.9. The molecule has 2 aromatic heterocycles.